The Balaban J connectivity index is 1.24. The molecular formula is C27H34N4O3. The second-order valence-corrected chi connectivity index (χ2v) is 9.53. The van der Waals surface area contributed by atoms with Gasteiger partial charge in [-0.1, -0.05) is 36.4 Å². The number of rotatable bonds is 6. The number of piperidine rings is 1. The van der Waals surface area contributed by atoms with Crippen molar-refractivity contribution in [3.8, 4) is 11.1 Å². The fourth-order valence-corrected chi connectivity index (χ4v) is 4.76. The normalized spacial score (nSPS) is 21.6. The molecule has 180 valence electrons. The van der Waals surface area contributed by atoms with Gasteiger partial charge in [-0.3, -0.25) is 15.0 Å². The number of esters is 1. The summed E-state index contributed by atoms with van der Waals surface area (Å²) in [5.74, 6) is -0.162. The molecule has 34 heavy (non-hydrogen) atoms. The monoisotopic (exact) mass is 462 g/mol. The van der Waals surface area contributed by atoms with Gasteiger partial charge in [0.25, 0.3) is 5.91 Å². The van der Waals surface area contributed by atoms with Crippen LogP contribution in [0.25, 0.3) is 11.1 Å². The molecule has 1 amide bonds. The number of hydrogen-bond donors (Lipinski definition) is 3. The van der Waals surface area contributed by atoms with Crippen LogP contribution in [0, 0.1) is 11.3 Å². The number of carbonyl (C=O) groups excluding carboxylic acids is 2. The lowest BCUT2D eigenvalue weighted by atomic mass is 9.86. The highest BCUT2D eigenvalue weighted by atomic mass is 16.5. The number of nitrogens with two attached hydrogens (primary N) is 1. The zero-order valence-electron chi connectivity index (χ0n) is 19.8. The van der Waals surface area contributed by atoms with Crippen molar-refractivity contribution >= 4 is 17.7 Å². The van der Waals surface area contributed by atoms with Crippen molar-refractivity contribution in [3.63, 3.8) is 0 Å². The van der Waals surface area contributed by atoms with E-state index in [0.29, 0.717) is 11.1 Å². The predicted octanol–water partition coefficient (Wildman–Crippen LogP) is 3.56. The van der Waals surface area contributed by atoms with Gasteiger partial charge in [-0.05, 0) is 68.8 Å². The number of carbonyl (C=O) groups is 2. The summed E-state index contributed by atoms with van der Waals surface area (Å²) < 4.78 is 5.76. The number of nitrogen functional groups attached to an aromatic ring is 1. The molecule has 1 saturated heterocycles. The summed E-state index contributed by atoms with van der Waals surface area (Å²) in [6.07, 6.45) is 4.97. The smallest absolute Gasteiger partial charge is 0.309 e. The first kappa shape index (κ1) is 24.0. The van der Waals surface area contributed by atoms with Gasteiger partial charge in [-0.2, -0.15) is 0 Å². The fraction of sp³-hybridized carbons (Fsp3) is 0.444. The minimum absolute atomic E-state index is 0.0433. The highest BCUT2D eigenvalue weighted by molar-refractivity contribution is 5.96. The molecule has 1 heterocycles. The Labute approximate surface area is 201 Å². The first-order valence-corrected chi connectivity index (χ1v) is 12.1. The van der Waals surface area contributed by atoms with E-state index in [4.69, 9.17) is 15.9 Å². The molecule has 0 radical (unpaired) electrons. The Kier molecular flexibility index (Phi) is 7.63. The van der Waals surface area contributed by atoms with Crippen LogP contribution in [0.15, 0.2) is 48.5 Å². The number of benzene rings is 2. The van der Waals surface area contributed by atoms with Crippen LogP contribution in [0.2, 0.25) is 0 Å². The molecule has 1 aliphatic heterocycles. The van der Waals surface area contributed by atoms with Crippen molar-refractivity contribution in [2.75, 3.05) is 20.1 Å². The summed E-state index contributed by atoms with van der Waals surface area (Å²) in [4.78, 5) is 27.6. The number of amidine groups is 1. The summed E-state index contributed by atoms with van der Waals surface area (Å²) in [5, 5.41) is 10.6. The van der Waals surface area contributed by atoms with E-state index in [1.54, 1.807) is 0 Å². The summed E-state index contributed by atoms with van der Waals surface area (Å²) in [6, 6.07) is 15.1. The van der Waals surface area contributed by atoms with Gasteiger partial charge < -0.3 is 20.7 Å². The SMILES string of the molecule is CN1CCC(OC(=O)C2CCC(NC(=O)c3ccc(-c4ccc(C(=N)N)cc4)cc3)CC2)CC1. The number of likely N-dealkylation sites (tertiary alicyclic amines) is 1. The predicted molar refractivity (Wildman–Crippen MR) is 133 cm³/mol. The third-order valence-corrected chi connectivity index (χ3v) is 7.02. The zero-order valence-corrected chi connectivity index (χ0v) is 19.8. The van der Waals surface area contributed by atoms with Gasteiger partial charge in [-0.25, -0.2) is 0 Å². The second-order valence-electron chi connectivity index (χ2n) is 9.53. The first-order chi connectivity index (χ1) is 16.4. The van der Waals surface area contributed by atoms with Crippen molar-refractivity contribution in [2.45, 2.75) is 50.7 Å². The van der Waals surface area contributed by atoms with Crippen molar-refractivity contribution in [3.05, 3.63) is 59.7 Å². The van der Waals surface area contributed by atoms with Gasteiger partial charge in [0, 0.05) is 30.3 Å². The van der Waals surface area contributed by atoms with Crippen LogP contribution in [0.4, 0.5) is 0 Å². The van der Waals surface area contributed by atoms with Gasteiger partial charge in [0.1, 0.15) is 11.9 Å². The molecule has 7 heteroatoms. The average molecular weight is 463 g/mol. The lowest BCUT2D eigenvalue weighted by molar-refractivity contribution is -0.157. The number of nitrogens with one attached hydrogen (secondary N) is 2. The molecule has 2 aromatic rings. The maximum absolute atomic E-state index is 12.7. The van der Waals surface area contributed by atoms with Gasteiger partial charge in [-0.15, -0.1) is 0 Å². The van der Waals surface area contributed by atoms with E-state index in [-0.39, 0.29) is 35.8 Å². The molecule has 1 aliphatic carbocycles. The van der Waals surface area contributed by atoms with Crippen molar-refractivity contribution in [1.29, 1.82) is 5.41 Å². The molecule has 1 saturated carbocycles. The zero-order chi connectivity index (χ0) is 24.1. The van der Waals surface area contributed by atoms with E-state index in [1.807, 2.05) is 48.5 Å². The van der Waals surface area contributed by atoms with E-state index in [1.165, 1.54) is 0 Å². The molecule has 0 bridgehead atoms. The third-order valence-electron chi connectivity index (χ3n) is 7.02. The van der Waals surface area contributed by atoms with Gasteiger partial charge >= 0.3 is 5.97 Å². The number of amides is 1. The maximum Gasteiger partial charge on any atom is 0.309 e. The van der Waals surface area contributed by atoms with E-state index in [2.05, 4.69) is 17.3 Å². The van der Waals surface area contributed by atoms with E-state index < -0.39 is 0 Å². The van der Waals surface area contributed by atoms with Crippen molar-refractivity contribution in [2.24, 2.45) is 11.7 Å². The van der Waals surface area contributed by atoms with Crippen LogP contribution in [0.5, 0.6) is 0 Å². The van der Waals surface area contributed by atoms with E-state index >= 15 is 0 Å². The molecule has 4 N–H and O–H groups in total. The van der Waals surface area contributed by atoms with Crippen LogP contribution in [-0.4, -0.2) is 54.9 Å². The lowest BCUT2D eigenvalue weighted by Crippen LogP contribution is -2.40. The Hall–Kier alpha value is -3.19. The van der Waals surface area contributed by atoms with Crippen molar-refractivity contribution < 1.29 is 14.3 Å². The summed E-state index contributed by atoms with van der Waals surface area (Å²) in [5.41, 5.74) is 8.81. The van der Waals surface area contributed by atoms with Crippen LogP contribution in [0.3, 0.4) is 0 Å². The number of hydrogen-bond acceptors (Lipinski definition) is 5. The van der Waals surface area contributed by atoms with E-state index in [0.717, 1.165) is 62.7 Å². The largest absolute Gasteiger partial charge is 0.462 e. The van der Waals surface area contributed by atoms with Crippen molar-refractivity contribution in [1.82, 2.24) is 10.2 Å². The fourth-order valence-electron chi connectivity index (χ4n) is 4.76. The molecule has 2 fully saturated rings. The molecule has 2 aliphatic rings. The highest BCUT2D eigenvalue weighted by Gasteiger charge is 2.30. The Morgan fingerprint density at radius 2 is 1.41 bits per heavy atom. The van der Waals surface area contributed by atoms with Crippen LogP contribution < -0.4 is 11.1 Å². The first-order valence-electron chi connectivity index (χ1n) is 12.1. The summed E-state index contributed by atoms with van der Waals surface area (Å²) >= 11 is 0. The van der Waals surface area contributed by atoms with E-state index in [9.17, 15) is 9.59 Å². The lowest BCUT2D eigenvalue weighted by Gasteiger charge is -2.32. The highest BCUT2D eigenvalue weighted by Crippen LogP contribution is 2.27. The quantitative estimate of drug-likeness (QED) is 0.346. The molecule has 0 spiro atoms. The number of nitrogens with zero attached hydrogens (tertiary/aromatic N) is 1. The van der Waals surface area contributed by atoms with Crippen LogP contribution in [0.1, 0.15) is 54.4 Å². The standard InChI is InChI=1S/C27H34N4O3/c1-31-16-14-24(15-17-31)34-27(33)22-10-12-23(13-11-22)30-26(32)21-8-4-19(5-9-21)18-2-6-20(7-3-18)25(28)29/h2-9,22-24H,10-17H2,1H3,(H3,28,29)(H,30,32). The summed E-state index contributed by atoms with van der Waals surface area (Å²) in [6.45, 7) is 1.95. The van der Waals surface area contributed by atoms with Crippen LogP contribution in [-0.2, 0) is 9.53 Å². The molecule has 0 unspecified atom stereocenters. The Morgan fingerprint density at radius 1 is 0.882 bits per heavy atom. The van der Waals surface area contributed by atoms with Crippen LogP contribution >= 0.6 is 0 Å². The molecular weight excluding hydrogens is 428 g/mol. The minimum Gasteiger partial charge on any atom is -0.462 e. The second kappa shape index (κ2) is 10.8. The molecule has 2 aromatic carbocycles. The van der Waals surface area contributed by atoms with Gasteiger partial charge in [0.2, 0.25) is 0 Å². The molecule has 7 nitrogen and oxygen atoms in total. The average Bonchev–Trinajstić information content (AvgIpc) is 2.86. The number of ether oxygens (including phenoxy) is 1. The topological polar surface area (TPSA) is 109 Å². The summed E-state index contributed by atoms with van der Waals surface area (Å²) in [7, 11) is 2.09. The van der Waals surface area contributed by atoms with Gasteiger partial charge in [0.15, 0.2) is 0 Å². The van der Waals surface area contributed by atoms with Gasteiger partial charge in [0.05, 0.1) is 5.92 Å². The maximum atomic E-state index is 12.7. The molecule has 0 aromatic heterocycles. The Bertz CT molecular complexity index is 1000. The molecule has 4 rings (SSSR count). The minimum atomic E-state index is -0.0872. The molecule has 0 atom stereocenters. The third kappa shape index (κ3) is 6.03. The Morgan fingerprint density at radius 3 is 1.94 bits per heavy atom.